The highest BCUT2D eigenvalue weighted by molar-refractivity contribution is 5.85. The van der Waals surface area contributed by atoms with E-state index in [1.54, 1.807) is 18.3 Å². The van der Waals surface area contributed by atoms with Crippen LogP contribution in [0.2, 0.25) is 0 Å². The Balaban J connectivity index is 1.50. The summed E-state index contributed by atoms with van der Waals surface area (Å²) >= 11 is 0. The van der Waals surface area contributed by atoms with Crippen molar-refractivity contribution in [3.8, 4) is 0 Å². The van der Waals surface area contributed by atoms with Crippen LogP contribution in [-0.4, -0.2) is 35.5 Å². The summed E-state index contributed by atoms with van der Waals surface area (Å²) in [6, 6.07) is 6.10. The van der Waals surface area contributed by atoms with Crippen LogP contribution in [0, 0.1) is 18.2 Å². The lowest BCUT2D eigenvalue weighted by Gasteiger charge is -2.38. The number of carbonyl (C=O) groups excluding carboxylic acids is 1. The second-order valence-electron chi connectivity index (χ2n) is 7.11. The van der Waals surface area contributed by atoms with Gasteiger partial charge in [0, 0.05) is 37.1 Å². The SMILES string of the molecule is Cc1cnc(Nc2ccc(F)cc2)nc1N1CCC2(CCNC2=O)CC1. The molecule has 2 aromatic rings. The van der Waals surface area contributed by atoms with Crippen molar-refractivity contribution < 1.29 is 9.18 Å². The van der Waals surface area contributed by atoms with E-state index in [0.717, 1.165) is 56.0 Å². The number of amides is 1. The molecule has 2 N–H and O–H groups in total. The number of rotatable bonds is 3. The van der Waals surface area contributed by atoms with Crippen molar-refractivity contribution in [1.82, 2.24) is 15.3 Å². The predicted octanol–water partition coefficient (Wildman–Crippen LogP) is 2.77. The Morgan fingerprint density at radius 3 is 2.58 bits per heavy atom. The van der Waals surface area contributed by atoms with Crippen LogP contribution in [0.4, 0.5) is 21.8 Å². The lowest BCUT2D eigenvalue weighted by atomic mass is 9.77. The molecule has 1 amide bonds. The Hall–Kier alpha value is -2.70. The van der Waals surface area contributed by atoms with Crippen LogP contribution in [0.25, 0.3) is 0 Å². The molecule has 6 nitrogen and oxygen atoms in total. The van der Waals surface area contributed by atoms with Gasteiger partial charge in [-0.3, -0.25) is 4.79 Å². The number of nitrogens with one attached hydrogen (secondary N) is 2. The molecule has 0 atom stereocenters. The van der Waals surface area contributed by atoms with Crippen LogP contribution in [0.5, 0.6) is 0 Å². The maximum absolute atomic E-state index is 13.0. The molecule has 1 aromatic carbocycles. The molecule has 1 aromatic heterocycles. The van der Waals surface area contributed by atoms with Crippen molar-refractivity contribution in [1.29, 1.82) is 0 Å². The number of carbonyl (C=O) groups is 1. The van der Waals surface area contributed by atoms with Crippen molar-refractivity contribution in [2.24, 2.45) is 5.41 Å². The highest BCUT2D eigenvalue weighted by atomic mass is 19.1. The van der Waals surface area contributed by atoms with Crippen LogP contribution in [0.3, 0.4) is 0 Å². The summed E-state index contributed by atoms with van der Waals surface area (Å²) in [7, 11) is 0. The number of anilines is 3. The molecule has 3 heterocycles. The van der Waals surface area contributed by atoms with Gasteiger partial charge in [0.2, 0.25) is 11.9 Å². The quantitative estimate of drug-likeness (QED) is 0.886. The van der Waals surface area contributed by atoms with E-state index in [-0.39, 0.29) is 17.1 Å². The molecule has 26 heavy (non-hydrogen) atoms. The van der Waals surface area contributed by atoms with E-state index >= 15 is 0 Å². The fraction of sp³-hybridized carbons (Fsp3) is 0.421. The number of hydrogen-bond acceptors (Lipinski definition) is 5. The van der Waals surface area contributed by atoms with E-state index in [0.29, 0.717) is 5.95 Å². The second-order valence-corrected chi connectivity index (χ2v) is 7.11. The molecule has 0 saturated carbocycles. The molecule has 2 aliphatic heterocycles. The zero-order valence-corrected chi connectivity index (χ0v) is 14.8. The van der Waals surface area contributed by atoms with Gasteiger partial charge in [-0.05, 0) is 50.5 Å². The number of aromatic nitrogens is 2. The van der Waals surface area contributed by atoms with Gasteiger partial charge in [-0.2, -0.15) is 4.98 Å². The van der Waals surface area contributed by atoms with Crippen molar-refractivity contribution in [2.45, 2.75) is 26.2 Å². The van der Waals surface area contributed by atoms with Crippen molar-refractivity contribution in [3.63, 3.8) is 0 Å². The zero-order valence-electron chi connectivity index (χ0n) is 14.8. The minimum atomic E-state index is -0.278. The van der Waals surface area contributed by atoms with Crippen LogP contribution in [0.15, 0.2) is 30.5 Å². The topological polar surface area (TPSA) is 70.2 Å². The molecule has 0 aliphatic carbocycles. The van der Waals surface area contributed by atoms with E-state index in [2.05, 4.69) is 25.5 Å². The Morgan fingerprint density at radius 1 is 1.19 bits per heavy atom. The monoisotopic (exact) mass is 355 g/mol. The first kappa shape index (κ1) is 16.8. The van der Waals surface area contributed by atoms with E-state index in [1.807, 2.05) is 6.92 Å². The third-order valence-electron chi connectivity index (χ3n) is 5.44. The summed E-state index contributed by atoms with van der Waals surface area (Å²) in [5.74, 6) is 1.29. The Kier molecular flexibility index (Phi) is 4.22. The highest BCUT2D eigenvalue weighted by Crippen LogP contribution is 2.39. The van der Waals surface area contributed by atoms with Crippen molar-refractivity contribution in [2.75, 3.05) is 29.9 Å². The highest BCUT2D eigenvalue weighted by Gasteiger charge is 2.44. The molecular weight excluding hydrogens is 333 g/mol. The lowest BCUT2D eigenvalue weighted by Crippen LogP contribution is -2.44. The predicted molar refractivity (Wildman–Crippen MR) is 98.0 cm³/mol. The molecule has 7 heteroatoms. The number of nitrogens with zero attached hydrogens (tertiary/aromatic N) is 3. The zero-order chi connectivity index (χ0) is 18.1. The molecule has 2 fully saturated rings. The molecule has 4 rings (SSSR count). The molecule has 0 unspecified atom stereocenters. The van der Waals surface area contributed by atoms with Crippen LogP contribution in [0.1, 0.15) is 24.8 Å². The van der Waals surface area contributed by atoms with Gasteiger partial charge in [0.25, 0.3) is 0 Å². The summed E-state index contributed by atoms with van der Waals surface area (Å²) in [5.41, 5.74) is 1.55. The first-order chi connectivity index (χ1) is 12.6. The molecule has 0 bridgehead atoms. The van der Waals surface area contributed by atoms with Crippen LogP contribution >= 0.6 is 0 Å². The maximum atomic E-state index is 13.0. The smallest absolute Gasteiger partial charge is 0.229 e. The number of hydrogen-bond donors (Lipinski definition) is 2. The number of aryl methyl sites for hydroxylation is 1. The van der Waals surface area contributed by atoms with Gasteiger partial charge in [0.15, 0.2) is 0 Å². The first-order valence-electron chi connectivity index (χ1n) is 8.95. The Morgan fingerprint density at radius 2 is 1.92 bits per heavy atom. The van der Waals surface area contributed by atoms with E-state index < -0.39 is 0 Å². The molecule has 2 saturated heterocycles. The molecule has 2 aliphatic rings. The number of halogens is 1. The largest absolute Gasteiger partial charge is 0.356 e. The maximum Gasteiger partial charge on any atom is 0.229 e. The number of benzene rings is 1. The number of piperidine rings is 1. The summed E-state index contributed by atoms with van der Waals surface area (Å²) < 4.78 is 13.0. The van der Waals surface area contributed by atoms with Crippen molar-refractivity contribution >= 4 is 23.4 Å². The fourth-order valence-electron chi connectivity index (χ4n) is 3.82. The average Bonchev–Trinajstić information content (AvgIpc) is 3.00. The van der Waals surface area contributed by atoms with E-state index in [1.165, 1.54) is 12.1 Å². The van der Waals surface area contributed by atoms with Gasteiger partial charge >= 0.3 is 0 Å². The minimum absolute atomic E-state index is 0.188. The van der Waals surface area contributed by atoms with Crippen molar-refractivity contribution in [3.05, 3.63) is 41.8 Å². The summed E-state index contributed by atoms with van der Waals surface area (Å²) in [4.78, 5) is 23.4. The molecule has 136 valence electrons. The minimum Gasteiger partial charge on any atom is -0.356 e. The third kappa shape index (κ3) is 3.09. The van der Waals surface area contributed by atoms with Gasteiger partial charge in [-0.15, -0.1) is 0 Å². The lowest BCUT2D eigenvalue weighted by molar-refractivity contribution is -0.128. The first-order valence-corrected chi connectivity index (χ1v) is 8.95. The summed E-state index contributed by atoms with van der Waals surface area (Å²) in [5, 5.41) is 6.08. The molecular formula is C19H22FN5O. The summed E-state index contributed by atoms with van der Waals surface area (Å²) in [6.45, 7) is 4.39. The van der Waals surface area contributed by atoms with Gasteiger partial charge in [-0.1, -0.05) is 0 Å². The van der Waals surface area contributed by atoms with E-state index in [9.17, 15) is 9.18 Å². The third-order valence-corrected chi connectivity index (χ3v) is 5.44. The Labute approximate surface area is 151 Å². The standard InChI is InChI=1S/C19H22FN5O/c1-13-12-22-18(23-15-4-2-14(20)3-5-15)24-16(13)25-10-7-19(8-11-25)6-9-21-17(19)26/h2-5,12H,6-11H2,1H3,(H,21,26)(H,22,23,24). The van der Waals surface area contributed by atoms with Gasteiger partial charge in [0.1, 0.15) is 11.6 Å². The second kappa shape index (κ2) is 6.55. The normalized spacial score (nSPS) is 18.8. The summed E-state index contributed by atoms with van der Waals surface area (Å²) in [6.07, 6.45) is 4.42. The molecule has 0 radical (unpaired) electrons. The molecule has 1 spiro atoms. The van der Waals surface area contributed by atoms with Crippen LogP contribution < -0.4 is 15.5 Å². The van der Waals surface area contributed by atoms with Gasteiger partial charge in [0.05, 0.1) is 5.41 Å². The van der Waals surface area contributed by atoms with Crippen LogP contribution in [-0.2, 0) is 4.79 Å². The van der Waals surface area contributed by atoms with Gasteiger partial charge in [-0.25, -0.2) is 9.37 Å². The Bertz CT molecular complexity index is 815. The fourth-order valence-corrected chi connectivity index (χ4v) is 3.82. The average molecular weight is 355 g/mol. The van der Waals surface area contributed by atoms with Gasteiger partial charge < -0.3 is 15.5 Å². The van der Waals surface area contributed by atoms with E-state index in [4.69, 9.17) is 0 Å².